The molecule has 1 fully saturated rings. The predicted molar refractivity (Wildman–Crippen MR) is 83.6 cm³/mol. The molecule has 0 heterocycles. The lowest BCUT2D eigenvalue weighted by molar-refractivity contribution is -0.0352. The Morgan fingerprint density at radius 3 is 2.45 bits per heavy atom. The van der Waals surface area contributed by atoms with Crippen LogP contribution in [0.2, 0.25) is 5.02 Å². The van der Waals surface area contributed by atoms with Crippen LogP contribution in [-0.4, -0.2) is 29.6 Å². The first-order valence-corrected chi connectivity index (χ1v) is 8.06. The van der Waals surface area contributed by atoms with Gasteiger partial charge in [-0.2, -0.15) is 0 Å². The Labute approximate surface area is 133 Å². The first kappa shape index (κ1) is 16.2. The highest BCUT2D eigenvalue weighted by molar-refractivity contribution is 9.10. The average Bonchev–Trinajstić information content (AvgIpc) is 2.45. The van der Waals surface area contributed by atoms with Crippen LogP contribution in [0.15, 0.2) is 16.6 Å². The van der Waals surface area contributed by atoms with Crippen LogP contribution in [0.1, 0.15) is 43.8 Å². The van der Waals surface area contributed by atoms with Crippen LogP contribution in [0.4, 0.5) is 4.39 Å². The maximum atomic E-state index is 14.4. The number of hydrogen-bond donors (Lipinski definition) is 1. The fourth-order valence-corrected chi connectivity index (χ4v) is 3.65. The molecule has 1 saturated carbocycles. The van der Waals surface area contributed by atoms with Gasteiger partial charge in [0.2, 0.25) is 0 Å². The Balaban J connectivity index is 2.42. The summed E-state index contributed by atoms with van der Waals surface area (Å²) in [5.74, 6) is -0.527. The molecule has 1 unspecified atom stereocenters. The summed E-state index contributed by atoms with van der Waals surface area (Å²) in [4.78, 5) is 2.03. The van der Waals surface area contributed by atoms with Crippen molar-refractivity contribution in [2.75, 3.05) is 14.1 Å². The Hall–Kier alpha value is -0.160. The van der Waals surface area contributed by atoms with Crippen LogP contribution in [0.25, 0.3) is 0 Å². The molecule has 0 aromatic heterocycles. The summed E-state index contributed by atoms with van der Waals surface area (Å²) in [6, 6.07) is 3.31. The molecular weight excluding hydrogens is 345 g/mol. The highest BCUT2D eigenvalue weighted by Gasteiger charge is 2.42. The molecule has 1 aliphatic carbocycles. The number of hydrogen-bond acceptors (Lipinski definition) is 2. The van der Waals surface area contributed by atoms with Gasteiger partial charge in [-0.3, -0.25) is 0 Å². The van der Waals surface area contributed by atoms with Crippen LogP contribution in [0, 0.1) is 5.82 Å². The number of rotatable bonds is 3. The van der Waals surface area contributed by atoms with E-state index < -0.39 is 17.5 Å². The largest absolute Gasteiger partial charge is 0.386 e. The molecule has 0 bridgehead atoms. The van der Waals surface area contributed by atoms with Crippen molar-refractivity contribution in [2.45, 2.75) is 43.7 Å². The zero-order valence-electron chi connectivity index (χ0n) is 11.8. The van der Waals surface area contributed by atoms with Crippen molar-refractivity contribution in [1.29, 1.82) is 0 Å². The third-order valence-corrected chi connectivity index (χ3v) is 5.74. The van der Waals surface area contributed by atoms with Crippen molar-refractivity contribution < 1.29 is 9.50 Å². The zero-order chi connectivity index (χ0) is 14.9. The smallest absolute Gasteiger partial charge is 0.148 e. The van der Waals surface area contributed by atoms with E-state index in [0.29, 0.717) is 4.47 Å². The van der Waals surface area contributed by atoms with Crippen molar-refractivity contribution in [1.82, 2.24) is 4.90 Å². The van der Waals surface area contributed by atoms with Gasteiger partial charge in [-0.25, -0.2) is 4.39 Å². The van der Waals surface area contributed by atoms with Gasteiger partial charge in [-0.15, -0.1) is 0 Å². The van der Waals surface area contributed by atoms with Crippen LogP contribution in [-0.2, 0) is 0 Å². The monoisotopic (exact) mass is 363 g/mol. The summed E-state index contributed by atoms with van der Waals surface area (Å²) in [6.07, 6.45) is 4.15. The fraction of sp³-hybridized carbons (Fsp3) is 0.600. The van der Waals surface area contributed by atoms with Crippen molar-refractivity contribution >= 4 is 27.5 Å². The number of aliphatic hydroxyl groups excluding tert-OH is 1. The van der Waals surface area contributed by atoms with Gasteiger partial charge in [0, 0.05) is 10.0 Å². The molecule has 1 atom stereocenters. The maximum absolute atomic E-state index is 14.4. The van der Waals surface area contributed by atoms with E-state index in [-0.39, 0.29) is 10.6 Å². The van der Waals surface area contributed by atoms with E-state index in [9.17, 15) is 9.50 Å². The normalized spacial score (nSPS) is 20.1. The molecule has 0 aliphatic heterocycles. The molecule has 2 rings (SSSR count). The summed E-state index contributed by atoms with van der Waals surface area (Å²) < 4.78 is 14.9. The third kappa shape index (κ3) is 2.76. The van der Waals surface area contributed by atoms with Gasteiger partial charge < -0.3 is 10.0 Å². The van der Waals surface area contributed by atoms with Crippen LogP contribution in [0.5, 0.6) is 0 Å². The molecular formula is C15H20BrClFNO. The van der Waals surface area contributed by atoms with E-state index >= 15 is 0 Å². The standard InChI is InChI=1S/C15H20BrClFNO/c1-19(2)15(8-4-3-5-9-15)14(20)10-6-7-11(16)12(17)13(10)18/h6-7,14,20H,3-5,8-9H2,1-2H3. The minimum absolute atomic E-state index is 0.0336. The van der Waals surface area contributed by atoms with E-state index in [1.165, 1.54) is 6.42 Å². The second-order valence-electron chi connectivity index (χ2n) is 5.73. The maximum Gasteiger partial charge on any atom is 0.148 e. The molecule has 5 heteroatoms. The molecule has 0 radical (unpaired) electrons. The van der Waals surface area contributed by atoms with E-state index in [1.807, 2.05) is 19.0 Å². The van der Waals surface area contributed by atoms with Gasteiger partial charge in [0.25, 0.3) is 0 Å². The van der Waals surface area contributed by atoms with Crippen molar-refractivity contribution in [3.63, 3.8) is 0 Å². The Bertz CT molecular complexity index is 489. The molecule has 1 aromatic carbocycles. The first-order chi connectivity index (χ1) is 9.40. The van der Waals surface area contributed by atoms with Gasteiger partial charge in [0.1, 0.15) is 11.9 Å². The van der Waals surface area contributed by atoms with Gasteiger partial charge in [0.15, 0.2) is 0 Å². The van der Waals surface area contributed by atoms with Gasteiger partial charge in [-0.1, -0.05) is 36.9 Å². The second kappa shape index (κ2) is 6.30. The van der Waals surface area contributed by atoms with E-state index in [4.69, 9.17) is 11.6 Å². The lowest BCUT2D eigenvalue weighted by atomic mass is 9.74. The molecule has 2 nitrogen and oxygen atoms in total. The molecule has 0 amide bonds. The molecule has 20 heavy (non-hydrogen) atoms. The number of aliphatic hydroxyl groups is 1. The SMILES string of the molecule is CN(C)C1(C(O)c2ccc(Br)c(Cl)c2F)CCCCC1. The Kier molecular flexibility index (Phi) is 5.11. The van der Waals surface area contributed by atoms with Crippen LogP contribution < -0.4 is 0 Å². The third-order valence-electron chi connectivity index (χ3n) is 4.48. The lowest BCUT2D eigenvalue weighted by Gasteiger charge is -2.46. The van der Waals surface area contributed by atoms with Gasteiger partial charge in [-0.05, 0) is 48.9 Å². The lowest BCUT2D eigenvalue weighted by Crippen LogP contribution is -2.50. The van der Waals surface area contributed by atoms with Crippen molar-refractivity contribution in [3.8, 4) is 0 Å². The van der Waals surface area contributed by atoms with Gasteiger partial charge >= 0.3 is 0 Å². The molecule has 0 spiro atoms. The topological polar surface area (TPSA) is 23.5 Å². The minimum atomic E-state index is -0.872. The van der Waals surface area contributed by atoms with Crippen molar-refractivity contribution in [3.05, 3.63) is 33.0 Å². The second-order valence-corrected chi connectivity index (χ2v) is 6.96. The first-order valence-electron chi connectivity index (χ1n) is 6.89. The molecule has 112 valence electrons. The Morgan fingerprint density at radius 2 is 1.90 bits per heavy atom. The summed E-state index contributed by atoms with van der Waals surface area (Å²) in [7, 11) is 3.90. The van der Waals surface area contributed by atoms with Gasteiger partial charge in [0.05, 0.1) is 10.6 Å². The summed E-state index contributed by atoms with van der Waals surface area (Å²) in [5.41, 5.74) is -0.121. The highest BCUT2D eigenvalue weighted by Crippen LogP contribution is 2.43. The Morgan fingerprint density at radius 1 is 1.30 bits per heavy atom. The predicted octanol–water partition coefficient (Wildman–Crippen LogP) is 4.54. The highest BCUT2D eigenvalue weighted by atomic mass is 79.9. The van der Waals surface area contributed by atoms with E-state index in [0.717, 1.165) is 25.7 Å². The number of halogens is 3. The fourth-order valence-electron chi connectivity index (χ4n) is 3.17. The molecule has 1 aromatic rings. The number of nitrogens with zero attached hydrogens (tertiary/aromatic N) is 1. The summed E-state index contributed by atoms with van der Waals surface area (Å²) >= 11 is 9.15. The average molecular weight is 365 g/mol. The summed E-state index contributed by atoms with van der Waals surface area (Å²) in [5, 5.41) is 10.8. The van der Waals surface area contributed by atoms with Crippen LogP contribution >= 0.6 is 27.5 Å². The number of benzene rings is 1. The van der Waals surface area contributed by atoms with E-state index in [2.05, 4.69) is 15.9 Å². The molecule has 1 N–H and O–H groups in total. The van der Waals surface area contributed by atoms with Crippen LogP contribution in [0.3, 0.4) is 0 Å². The van der Waals surface area contributed by atoms with E-state index in [1.54, 1.807) is 12.1 Å². The minimum Gasteiger partial charge on any atom is -0.386 e. The molecule has 1 aliphatic rings. The quantitative estimate of drug-likeness (QED) is 0.796. The molecule has 0 saturated heterocycles. The van der Waals surface area contributed by atoms with Crippen molar-refractivity contribution in [2.24, 2.45) is 0 Å². The number of likely N-dealkylation sites (N-methyl/N-ethyl adjacent to an activating group) is 1. The summed E-state index contributed by atoms with van der Waals surface area (Å²) in [6.45, 7) is 0. The zero-order valence-corrected chi connectivity index (χ0v) is 14.1.